The summed E-state index contributed by atoms with van der Waals surface area (Å²) in [6.07, 6.45) is 3.32. The van der Waals surface area contributed by atoms with Gasteiger partial charge < -0.3 is 11.1 Å². The van der Waals surface area contributed by atoms with Crippen LogP contribution in [-0.2, 0) is 4.79 Å². The van der Waals surface area contributed by atoms with Crippen LogP contribution in [0.15, 0.2) is 0 Å². The third kappa shape index (κ3) is 3.59. The number of likely N-dealkylation sites (tertiary alicyclic amines) is 1. The highest BCUT2D eigenvalue weighted by molar-refractivity contribution is 5.85. The molecule has 2 aliphatic rings. The predicted molar refractivity (Wildman–Crippen MR) is 75.8 cm³/mol. The molecule has 2 aliphatic heterocycles. The summed E-state index contributed by atoms with van der Waals surface area (Å²) in [6, 6.07) is -0.0452. The lowest BCUT2D eigenvalue weighted by Gasteiger charge is -2.40. The van der Waals surface area contributed by atoms with Crippen LogP contribution >= 0.6 is 12.4 Å². The summed E-state index contributed by atoms with van der Waals surface area (Å²) in [5, 5.41) is 3.41. The number of nitrogens with one attached hydrogen (secondary N) is 1. The van der Waals surface area contributed by atoms with Gasteiger partial charge in [-0.3, -0.25) is 9.69 Å². The molecule has 0 bridgehead atoms. The lowest BCUT2D eigenvalue weighted by Crippen LogP contribution is -2.52. The van der Waals surface area contributed by atoms with Crippen LogP contribution in [0.25, 0.3) is 0 Å². The van der Waals surface area contributed by atoms with Crippen LogP contribution in [0.1, 0.15) is 33.1 Å². The number of hydrogen-bond donors (Lipinski definition) is 2. The summed E-state index contributed by atoms with van der Waals surface area (Å²) < 4.78 is 0. The third-order valence-corrected chi connectivity index (χ3v) is 4.35. The van der Waals surface area contributed by atoms with E-state index in [-0.39, 0.29) is 24.4 Å². The molecular weight excluding hydrogens is 250 g/mol. The van der Waals surface area contributed by atoms with Gasteiger partial charge in [0.2, 0.25) is 5.91 Å². The van der Waals surface area contributed by atoms with Crippen LogP contribution in [0.4, 0.5) is 0 Å². The second kappa shape index (κ2) is 6.22. The van der Waals surface area contributed by atoms with Crippen molar-refractivity contribution in [3.8, 4) is 0 Å². The van der Waals surface area contributed by atoms with E-state index in [0.29, 0.717) is 11.3 Å². The molecule has 2 fully saturated rings. The van der Waals surface area contributed by atoms with Gasteiger partial charge in [-0.2, -0.15) is 0 Å². The van der Waals surface area contributed by atoms with Gasteiger partial charge >= 0.3 is 0 Å². The molecule has 0 spiro atoms. The van der Waals surface area contributed by atoms with E-state index in [1.807, 2.05) is 0 Å². The molecule has 1 amide bonds. The Morgan fingerprint density at radius 2 is 2.28 bits per heavy atom. The van der Waals surface area contributed by atoms with E-state index in [2.05, 4.69) is 24.1 Å². The molecule has 2 rings (SSSR count). The second-order valence-corrected chi connectivity index (χ2v) is 6.26. The Labute approximate surface area is 116 Å². The quantitative estimate of drug-likeness (QED) is 0.808. The fourth-order valence-corrected chi connectivity index (χ4v) is 3.17. The molecule has 106 valence electrons. The number of hydrogen-bond acceptors (Lipinski definition) is 3. The maximum atomic E-state index is 11.6. The normalized spacial score (nSPS) is 37.2. The number of nitrogens with two attached hydrogens (primary N) is 1. The first-order valence-electron chi connectivity index (χ1n) is 6.74. The number of piperidine rings is 1. The number of primary amides is 1. The van der Waals surface area contributed by atoms with Gasteiger partial charge in [0.05, 0.1) is 6.04 Å². The first kappa shape index (κ1) is 15.7. The molecule has 18 heavy (non-hydrogen) atoms. The molecule has 2 heterocycles. The molecule has 4 nitrogen and oxygen atoms in total. The minimum absolute atomic E-state index is 0. The number of amides is 1. The first-order chi connectivity index (χ1) is 8.00. The molecule has 3 N–H and O–H groups in total. The van der Waals surface area contributed by atoms with E-state index in [1.54, 1.807) is 0 Å². The highest BCUT2D eigenvalue weighted by Crippen LogP contribution is 2.30. The zero-order valence-electron chi connectivity index (χ0n) is 11.4. The summed E-state index contributed by atoms with van der Waals surface area (Å²) in [5.74, 6) is 0.476. The summed E-state index contributed by atoms with van der Waals surface area (Å²) in [5.41, 5.74) is 5.85. The van der Waals surface area contributed by atoms with Crippen molar-refractivity contribution in [3.63, 3.8) is 0 Å². The highest BCUT2D eigenvalue weighted by atomic mass is 35.5. The number of rotatable bonds is 3. The van der Waals surface area contributed by atoms with Gasteiger partial charge in [0.25, 0.3) is 0 Å². The maximum Gasteiger partial charge on any atom is 0.234 e. The van der Waals surface area contributed by atoms with Crippen LogP contribution in [0.5, 0.6) is 0 Å². The van der Waals surface area contributed by atoms with Crippen molar-refractivity contribution >= 4 is 18.3 Å². The standard InChI is InChI=1S/C13H25N3O.ClH/c1-10-3-6-16(11(7-10)12(14)17)9-13(2)4-5-15-8-13;/h10-11,15H,3-9H2,1-2H3,(H2,14,17);1H. The molecular formula is C13H26ClN3O. The molecule has 5 heteroatoms. The van der Waals surface area contributed by atoms with Gasteiger partial charge in [-0.05, 0) is 43.7 Å². The lowest BCUT2D eigenvalue weighted by atomic mass is 9.85. The van der Waals surface area contributed by atoms with Gasteiger partial charge in [-0.25, -0.2) is 0 Å². The van der Waals surface area contributed by atoms with Crippen molar-refractivity contribution in [2.24, 2.45) is 17.1 Å². The minimum atomic E-state index is -0.147. The van der Waals surface area contributed by atoms with E-state index in [1.165, 1.54) is 12.8 Å². The fraction of sp³-hybridized carbons (Fsp3) is 0.923. The first-order valence-corrected chi connectivity index (χ1v) is 6.74. The van der Waals surface area contributed by atoms with Crippen molar-refractivity contribution in [2.75, 3.05) is 26.2 Å². The van der Waals surface area contributed by atoms with Gasteiger partial charge in [-0.1, -0.05) is 13.8 Å². The second-order valence-electron chi connectivity index (χ2n) is 6.26. The fourth-order valence-electron chi connectivity index (χ4n) is 3.17. The van der Waals surface area contributed by atoms with Crippen molar-refractivity contribution in [2.45, 2.75) is 39.2 Å². The molecule has 0 aromatic rings. The third-order valence-electron chi connectivity index (χ3n) is 4.35. The lowest BCUT2D eigenvalue weighted by molar-refractivity contribution is -0.125. The summed E-state index contributed by atoms with van der Waals surface area (Å²) in [4.78, 5) is 13.9. The predicted octanol–water partition coefficient (Wildman–Crippen LogP) is 0.994. The molecule has 0 saturated carbocycles. The Morgan fingerprint density at radius 1 is 1.56 bits per heavy atom. The Kier molecular flexibility index (Phi) is 5.44. The van der Waals surface area contributed by atoms with E-state index in [0.717, 1.165) is 32.6 Å². The molecule has 2 saturated heterocycles. The van der Waals surface area contributed by atoms with E-state index in [9.17, 15) is 4.79 Å². The highest BCUT2D eigenvalue weighted by Gasteiger charge is 2.37. The van der Waals surface area contributed by atoms with E-state index in [4.69, 9.17) is 5.73 Å². The summed E-state index contributed by atoms with van der Waals surface area (Å²) in [6.45, 7) is 8.70. The van der Waals surface area contributed by atoms with Gasteiger partial charge in [0, 0.05) is 13.1 Å². The van der Waals surface area contributed by atoms with Gasteiger partial charge in [0.15, 0.2) is 0 Å². The molecule has 3 unspecified atom stereocenters. The van der Waals surface area contributed by atoms with Crippen LogP contribution in [0.2, 0.25) is 0 Å². The number of nitrogens with zero attached hydrogens (tertiary/aromatic N) is 1. The number of halogens is 1. The SMILES string of the molecule is CC1CCN(CC2(C)CCNC2)C(C(N)=O)C1.Cl. The molecule has 0 aromatic heterocycles. The van der Waals surface area contributed by atoms with Crippen LogP contribution in [-0.4, -0.2) is 43.0 Å². The Hall–Kier alpha value is -0.320. The number of carbonyl (C=O) groups excluding carboxylic acids is 1. The molecule has 0 aliphatic carbocycles. The minimum Gasteiger partial charge on any atom is -0.368 e. The summed E-state index contributed by atoms with van der Waals surface area (Å²) >= 11 is 0. The zero-order valence-corrected chi connectivity index (χ0v) is 12.3. The molecule has 3 atom stereocenters. The largest absolute Gasteiger partial charge is 0.368 e. The van der Waals surface area contributed by atoms with Crippen molar-refractivity contribution < 1.29 is 4.79 Å². The topological polar surface area (TPSA) is 58.4 Å². The number of carbonyl (C=O) groups is 1. The summed E-state index contributed by atoms with van der Waals surface area (Å²) in [7, 11) is 0. The van der Waals surface area contributed by atoms with Gasteiger partial charge in [-0.15, -0.1) is 12.4 Å². The Balaban J connectivity index is 0.00000162. The molecule has 0 radical (unpaired) electrons. The van der Waals surface area contributed by atoms with Gasteiger partial charge in [0.1, 0.15) is 0 Å². The van der Waals surface area contributed by atoms with Crippen LogP contribution < -0.4 is 11.1 Å². The van der Waals surface area contributed by atoms with Crippen molar-refractivity contribution in [1.29, 1.82) is 0 Å². The smallest absolute Gasteiger partial charge is 0.234 e. The zero-order chi connectivity index (χ0) is 12.5. The van der Waals surface area contributed by atoms with Crippen molar-refractivity contribution in [1.82, 2.24) is 10.2 Å². The maximum absolute atomic E-state index is 11.6. The Morgan fingerprint density at radius 3 is 2.83 bits per heavy atom. The van der Waals surface area contributed by atoms with Crippen molar-refractivity contribution in [3.05, 3.63) is 0 Å². The monoisotopic (exact) mass is 275 g/mol. The molecule has 0 aromatic carbocycles. The Bertz CT molecular complexity index is 292. The van der Waals surface area contributed by atoms with Crippen LogP contribution in [0.3, 0.4) is 0 Å². The van der Waals surface area contributed by atoms with E-state index >= 15 is 0 Å². The van der Waals surface area contributed by atoms with E-state index < -0.39 is 0 Å². The average molecular weight is 276 g/mol. The van der Waals surface area contributed by atoms with Crippen LogP contribution in [0, 0.1) is 11.3 Å². The average Bonchev–Trinajstić information content (AvgIpc) is 2.67.